The van der Waals surface area contributed by atoms with E-state index < -0.39 is 123 Å². The molecule has 3 heterocycles. The minimum absolute atomic E-state index is 0.0336. The van der Waals surface area contributed by atoms with Crippen molar-refractivity contribution >= 4 is 0 Å². The fourth-order valence-electron chi connectivity index (χ4n) is 14.0. The molecule has 7 rings (SSSR count). The molecule has 0 radical (unpaired) electrons. The predicted molar refractivity (Wildman–Crippen MR) is 234 cm³/mol. The van der Waals surface area contributed by atoms with E-state index in [9.17, 15) is 61.3 Å². The van der Waals surface area contributed by atoms with Gasteiger partial charge in [0.15, 0.2) is 18.9 Å². The van der Waals surface area contributed by atoms with Crippen LogP contribution in [0.4, 0.5) is 0 Å². The molecule has 380 valence electrons. The van der Waals surface area contributed by atoms with Crippen molar-refractivity contribution in [2.45, 2.75) is 204 Å². The van der Waals surface area contributed by atoms with E-state index in [2.05, 4.69) is 53.7 Å². The fraction of sp³-hybridized carbons (Fsp3) is 0.917. The van der Waals surface area contributed by atoms with Crippen LogP contribution in [0, 0.1) is 45.3 Å². The molecule has 66 heavy (non-hydrogen) atoms. The molecule has 24 unspecified atom stereocenters. The Balaban J connectivity index is 0.984. The van der Waals surface area contributed by atoms with Gasteiger partial charge in [0.2, 0.25) is 0 Å². The van der Waals surface area contributed by atoms with Crippen LogP contribution < -0.4 is 0 Å². The fourth-order valence-corrected chi connectivity index (χ4v) is 14.0. The van der Waals surface area contributed by atoms with Crippen molar-refractivity contribution in [3.8, 4) is 0 Å². The topological polar surface area (TPSA) is 298 Å². The van der Waals surface area contributed by atoms with Gasteiger partial charge < -0.3 is 89.7 Å². The van der Waals surface area contributed by atoms with Gasteiger partial charge in [-0.05, 0) is 92.8 Å². The summed E-state index contributed by atoms with van der Waals surface area (Å²) in [5.41, 5.74) is 1.06. The molecule has 0 bridgehead atoms. The standard InChI is InChI=1S/C48H80O18/c1-22(21-61-44-41(38(58)35(55)29(20-51)64-44)66-43-40(60)37(57)34(54)28(19-50)63-43)9-8-10-23(2)24-15-16-46(5)30-13-11-25-26(48(30,7)31(52)17-47(24,46)6)12-14-32(45(25,3)4)65-42-39(59)36(56)33(53)27(18-49)62-42/h9,11,23-24,26-44,49-60H,8,10,12-21H2,1-7H3. The van der Waals surface area contributed by atoms with E-state index in [0.717, 1.165) is 44.1 Å². The second-order valence-electron chi connectivity index (χ2n) is 22.1. The van der Waals surface area contributed by atoms with E-state index in [0.29, 0.717) is 24.7 Å². The molecule has 24 atom stereocenters. The van der Waals surface area contributed by atoms with Crippen molar-refractivity contribution in [3.05, 3.63) is 23.3 Å². The summed E-state index contributed by atoms with van der Waals surface area (Å²) in [4.78, 5) is 0. The number of hydrogen-bond acceptors (Lipinski definition) is 18. The molecule has 4 aliphatic carbocycles. The summed E-state index contributed by atoms with van der Waals surface area (Å²) in [5, 5.41) is 126. The van der Waals surface area contributed by atoms with Crippen LogP contribution in [-0.4, -0.2) is 192 Å². The third kappa shape index (κ3) is 8.93. The second-order valence-corrected chi connectivity index (χ2v) is 22.1. The third-order valence-corrected chi connectivity index (χ3v) is 18.3. The Hall–Kier alpha value is -1.24. The summed E-state index contributed by atoms with van der Waals surface area (Å²) < 4.78 is 35.3. The average Bonchev–Trinajstić information content (AvgIpc) is 3.55. The molecule has 0 spiro atoms. The maximum absolute atomic E-state index is 12.5. The largest absolute Gasteiger partial charge is 0.394 e. The lowest BCUT2D eigenvalue weighted by molar-refractivity contribution is -0.366. The van der Waals surface area contributed by atoms with Gasteiger partial charge in [0.05, 0.1) is 38.6 Å². The van der Waals surface area contributed by atoms with Gasteiger partial charge in [-0.15, -0.1) is 0 Å². The van der Waals surface area contributed by atoms with Crippen LogP contribution in [0.1, 0.15) is 99.8 Å². The molecule has 18 nitrogen and oxygen atoms in total. The Morgan fingerprint density at radius 3 is 1.82 bits per heavy atom. The predicted octanol–water partition coefficient (Wildman–Crippen LogP) is -0.249. The summed E-state index contributed by atoms with van der Waals surface area (Å²) in [6, 6.07) is 0. The monoisotopic (exact) mass is 945 g/mol. The highest BCUT2D eigenvalue weighted by molar-refractivity contribution is 5.32. The van der Waals surface area contributed by atoms with Crippen LogP contribution >= 0.6 is 0 Å². The molecule has 18 heteroatoms. The van der Waals surface area contributed by atoms with Gasteiger partial charge in [-0.2, -0.15) is 0 Å². The first-order valence-electron chi connectivity index (χ1n) is 24.2. The lowest BCUT2D eigenvalue weighted by Crippen LogP contribution is -2.65. The summed E-state index contributed by atoms with van der Waals surface area (Å²) in [6.07, 6.45) is -11.8. The maximum atomic E-state index is 12.5. The van der Waals surface area contributed by atoms with E-state index in [1.54, 1.807) is 0 Å². The number of aliphatic hydroxyl groups excluding tert-OH is 12. The Kier molecular flexibility index (Phi) is 16.0. The Bertz CT molecular complexity index is 1710. The molecule has 12 N–H and O–H groups in total. The SMILES string of the molecule is CC(=CCCC(C)C1CCC2(C)C3CC=C4C(CCC(OC5OC(CO)C(O)C(O)C5O)C4(C)C)C3(C)C(O)CC12C)COC1OC(CO)C(O)C(O)C1OC1OC(CO)C(O)C(O)C1O. The molecule has 3 aliphatic heterocycles. The lowest BCUT2D eigenvalue weighted by Gasteiger charge is -2.67. The van der Waals surface area contributed by atoms with Crippen LogP contribution in [-0.2, 0) is 28.4 Å². The van der Waals surface area contributed by atoms with Gasteiger partial charge in [0.25, 0.3) is 0 Å². The van der Waals surface area contributed by atoms with Crippen molar-refractivity contribution in [2.24, 2.45) is 45.3 Å². The van der Waals surface area contributed by atoms with Crippen LogP contribution in [0.15, 0.2) is 23.3 Å². The number of rotatable bonds is 14. The first-order chi connectivity index (χ1) is 31.0. The van der Waals surface area contributed by atoms with Crippen LogP contribution in [0.3, 0.4) is 0 Å². The quantitative estimate of drug-likeness (QED) is 0.100. The minimum Gasteiger partial charge on any atom is -0.394 e. The van der Waals surface area contributed by atoms with E-state index in [-0.39, 0.29) is 40.8 Å². The average molecular weight is 945 g/mol. The van der Waals surface area contributed by atoms with Gasteiger partial charge in [0.1, 0.15) is 73.2 Å². The Morgan fingerprint density at radius 2 is 1.24 bits per heavy atom. The zero-order valence-corrected chi connectivity index (χ0v) is 39.6. The van der Waals surface area contributed by atoms with Crippen molar-refractivity contribution in [3.63, 3.8) is 0 Å². The second kappa shape index (κ2) is 20.1. The molecular weight excluding hydrogens is 865 g/mol. The molecule has 0 amide bonds. The molecule has 0 aromatic rings. The van der Waals surface area contributed by atoms with E-state index >= 15 is 0 Å². The molecule has 3 saturated carbocycles. The number of allylic oxidation sites excluding steroid dienone is 2. The van der Waals surface area contributed by atoms with Crippen molar-refractivity contribution in [2.75, 3.05) is 26.4 Å². The van der Waals surface area contributed by atoms with E-state index in [4.69, 9.17) is 28.4 Å². The van der Waals surface area contributed by atoms with Crippen LogP contribution in [0.5, 0.6) is 0 Å². The molecule has 0 aromatic heterocycles. The highest BCUT2D eigenvalue weighted by Gasteiger charge is 2.70. The van der Waals surface area contributed by atoms with Gasteiger partial charge >= 0.3 is 0 Å². The van der Waals surface area contributed by atoms with Crippen LogP contribution in [0.2, 0.25) is 0 Å². The minimum atomic E-state index is -1.77. The lowest BCUT2D eigenvalue weighted by atomic mass is 9.38. The van der Waals surface area contributed by atoms with Crippen molar-refractivity contribution < 1.29 is 89.7 Å². The first-order valence-corrected chi connectivity index (χ1v) is 24.2. The first kappa shape index (κ1) is 52.6. The normalized spacial score (nSPS) is 51.1. The summed E-state index contributed by atoms with van der Waals surface area (Å²) in [7, 11) is 0. The smallest absolute Gasteiger partial charge is 0.187 e. The Morgan fingerprint density at radius 1 is 0.697 bits per heavy atom. The van der Waals surface area contributed by atoms with Gasteiger partial charge in [-0.3, -0.25) is 0 Å². The zero-order valence-electron chi connectivity index (χ0n) is 39.6. The number of hydrogen-bond donors (Lipinski definition) is 12. The summed E-state index contributed by atoms with van der Waals surface area (Å²) >= 11 is 0. The summed E-state index contributed by atoms with van der Waals surface area (Å²) in [5.74, 6) is 1.06. The number of fused-ring (bicyclic) bond motifs is 5. The zero-order chi connectivity index (χ0) is 48.4. The van der Waals surface area contributed by atoms with E-state index in [1.807, 2.05) is 6.92 Å². The highest BCUT2D eigenvalue weighted by atomic mass is 16.8. The molecule has 3 saturated heterocycles. The highest BCUT2D eigenvalue weighted by Crippen LogP contribution is 2.75. The third-order valence-electron chi connectivity index (χ3n) is 18.3. The summed E-state index contributed by atoms with van der Waals surface area (Å²) in [6.45, 7) is 13.8. The van der Waals surface area contributed by atoms with Crippen LogP contribution in [0.25, 0.3) is 0 Å². The maximum Gasteiger partial charge on any atom is 0.187 e. The van der Waals surface area contributed by atoms with Gasteiger partial charge in [-0.25, -0.2) is 0 Å². The van der Waals surface area contributed by atoms with Gasteiger partial charge in [-0.1, -0.05) is 64.8 Å². The molecule has 6 fully saturated rings. The van der Waals surface area contributed by atoms with E-state index in [1.165, 1.54) is 5.57 Å². The van der Waals surface area contributed by atoms with Crippen molar-refractivity contribution in [1.29, 1.82) is 0 Å². The molecule has 0 aromatic carbocycles. The number of aliphatic hydroxyl groups is 12. The Labute approximate surface area is 388 Å². The van der Waals surface area contributed by atoms with Crippen molar-refractivity contribution in [1.82, 2.24) is 0 Å². The molecular formula is C48H80O18. The molecule has 7 aliphatic rings. The number of ether oxygens (including phenoxy) is 6. The van der Waals surface area contributed by atoms with Gasteiger partial charge in [0, 0.05) is 10.8 Å².